The van der Waals surface area contributed by atoms with Gasteiger partial charge in [-0.2, -0.15) is 0 Å². The Labute approximate surface area is 192 Å². The highest BCUT2D eigenvalue weighted by molar-refractivity contribution is 14.0. The van der Waals surface area contributed by atoms with Crippen LogP contribution < -0.4 is 15.4 Å². The number of hydrogen-bond donors (Lipinski definition) is 2. The second kappa shape index (κ2) is 13.7. The molecular weight excluding hydrogens is 479 g/mol. The quantitative estimate of drug-likeness (QED) is 0.313. The summed E-state index contributed by atoms with van der Waals surface area (Å²) in [6.07, 6.45) is 3.95. The first-order valence-corrected chi connectivity index (χ1v) is 10.6. The van der Waals surface area contributed by atoms with Crippen LogP contribution in [0.3, 0.4) is 0 Å². The molecule has 7 heteroatoms. The second-order valence-corrected chi connectivity index (χ2v) is 7.35. The van der Waals surface area contributed by atoms with Gasteiger partial charge in [-0.05, 0) is 58.6 Å². The zero-order valence-electron chi connectivity index (χ0n) is 18.3. The molecule has 1 atom stereocenters. The topological polar surface area (TPSA) is 66.0 Å². The summed E-state index contributed by atoms with van der Waals surface area (Å²) in [4.78, 5) is 19.2. The largest absolute Gasteiger partial charge is 0.494 e. The number of ether oxygens (including phenoxy) is 1. The molecule has 1 fully saturated rings. The summed E-state index contributed by atoms with van der Waals surface area (Å²) in [5.41, 5.74) is 2.23. The van der Waals surface area contributed by atoms with Crippen LogP contribution in [0.4, 0.5) is 0 Å². The number of rotatable bonds is 8. The van der Waals surface area contributed by atoms with Crippen molar-refractivity contribution in [2.24, 2.45) is 4.99 Å². The number of guanidine groups is 1. The first-order chi connectivity index (χ1) is 13.5. The lowest BCUT2D eigenvalue weighted by molar-refractivity contribution is -0.134. The number of benzene rings is 1. The van der Waals surface area contributed by atoms with Gasteiger partial charge in [0.05, 0.1) is 13.2 Å². The number of nitrogens with zero attached hydrogens (tertiary/aromatic N) is 2. The Bertz CT molecular complexity index is 666. The van der Waals surface area contributed by atoms with Gasteiger partial charge in [-0.3, -0.25) is 4.79 Å². The van der Waals surface area contributed by atoms with Crippen molar-refractivity contribution in [2.75, 3.05) is 26.2 Å². The SMILES string of the molecule is CCNC(=NCc1ccc(C)cc1OCC)NCCC(=O)N1CCCCC1C.I. The number of halogens is 1. The third-order valence-electron chi connectivity index (χ3n) is 5.03. The van der Waals surface area contributed by atoms with Crippen molar-refractivity contribution in [3.05, 3.63) is 29.3 Å². The Morgan fingerprint density at radius 3 is 2.76 bits per heavy atom. The molecule has 1 aromatic rings. The van der Waals surface area contributed by atoms with Crippen molar-refractivity contribution in [3.63, 3.8) is 0 Å². The standard InChI is InChI=1S/C22H36N4O2.HI/c1-5-23-22(24-13-12-21(27)26-14-8-7-9-18(26)4)25-16-19-11-10-17(3)15-20(19)28-6-2;/h10-11,15,18H,5-9,12-14,16H2,1-4H3,(H2,23,24,25);1H. The van der Waals surface area contributed by atoms with E-state index in [9.17, 15) is 4.79 Å². The molecule has 164 valence electrons. The predicted octanol–water partition coefficient (Wildman–Crippen LogP) is 3.86. The number of nitrogens with one attached hydrogen (secondary N) is 2. The van der Waals surface area contributed by atoms with Gasteiger partial charge in [0.25, 0.3) is 0 Å². The van der Waals surface area contributed by atoms with E-state index in [1.165, 1.54) is 12.0 Å². The summed E-state index contributed by atoms with van der Waals surface area (Å²) < 4.78 is 5.74. The van der Waals surface area contributed by atoms with Crippen LogP contribution in [-0.2, 0) is 11.3 Å². The van der Waals surface area contributed by atoms with E-state index in [0.29, 0.717) is 32.2 Å². The lowest BCUT2D eigenvalue weighted by Crippen LogP contribution is -2.44. The molecule has 0 aliphatic carbocycles. The molecule has 1 aromatic carbocycles. The number of aliphatic imine (C=N–C) groups is 1. The number of carbonyl (C=O) groups is 1. The molecule has 1 saturated heterocycles. The Balaban J connectivity index is 0.00000420. The zero-order valence-corrected chi connectivity index (χ0v) is 20.6. The summed E-state index contributed by atoms with van der Waals surface area (Å²) in [5, 5.41) is 6.54. The van der Waals surface area contributed by atoms with Crippen molar-refractivity contribution < 1.29 is 9.53 Å². The highest BCUT2D eigenvalue weighted by atomic mass is 127. The molecule has 1 heterocycles. The van der Waals surface area contributed by atoms with Crippen molar-refractivity contribution in [3.8, 4) is 5.75 Å². The summed E-state index contributed by atoms with van der Waals surface area (Å²) in [5.74, 6) is 1.84. The Morgan fingerprint density at radius 2 is 2.07 bits per heavy atom. The normalized spacial score (nSPS) is 16.8. The van der Waals surface area contributed by atoms with E-state index in [4.69, 9.17) is 4.74 Å². The van der Waals surface area contributed by atoms with Crippen LogP contribution in [0.25, 0.3) is 0 Å². The third-order valence-corrected chi connectivity index (χ3v) is 5.03. The fraction of sp³-hybridized carbons (Fsp3) is 0.636. The van der Waals surface area contributed by atoms with Gasteiger partial charge in [-0.25, -0.2) is 4.99 Å². The maximum absolute atomic E-state index is 12.5. The van der Waals surface area contributed by atoms with Gasteiger partial charge in [0, 0.05) is 37.7 Å². The molecule has 0 aromatic heterocycles. The van der Waals surface area contributed by atoms with Gasteiger partial charge in [0.2, 0.25) is 5.91 Å². The van der Waals surface area contributed by atoms with Gasteiger partial charge in [0.1, 0.15) is 5.75 Å². The highest BCUT2D eigenvalue weighted by Gasteiger charge is 2.22. The molecule has 0 radical (unpaired) electrons. The van der Waals surface area contributed by atoms with Crippen LogP contribution in [0, 0.1) is 6.92 Å². The maximum atomic E-state index is 12.5. The number of carbonyl (C=O) groups excluding carboxylic acids is 1. The van der Waals surface area contributed by atoms with Crippen LogP contribution in [0.5, 0.6) is 5.75 Å². The van der Waals surface area contributed by atoms with Gasteiger partial charge in [-0.1, -0.05) is 12.1 Å². The third kappa shape index (κ3) is 8.40. The van der Waals surface area contributed by atoms with Crippen molar-refractivity contribution in [1.82, 2.24) is 15.5 Å². The molecule has 1 aliphatic rings. The van der Waals surface area contributed by atoms with Crippen LogP contribution in [0.15, 0.2) is 23.2 Å². The number of amides is 1. The van der Waals surface area contributed by atoms with E-state index in [2.05, 4.69) is 41.6 Å². The van der Waals surface area contributed by atoms with E-state index in [0.717, 1.165) is 43.2 Å². The summed E-state index contributed by atoms with van der Waals surface area (Å²) in [6, 6.07) is 6.55. The molecule has 1 unspecified atom stereocenters. The van der Waals surface area contributed by atoms with Crippen molar-refractivity contribution in [2.45, 2.75) is 66.0 Å². The molecule has 0 bridgehead atoms. The maximum Gasteiger partial charge on any atom is 0.224 e. The Kier molecular flexibility index (Phi) is 12.0. The minimum Gasteiger partial charge on any atom is -0.494 e. The molecule has 0 spiro atoms. The Hall–Kier alpha value is -1.51. The van der Waals surface area contributed by atoms with E-state index in [1.807, 2.05) is 24.8 Å². The number of piperidine rings is 1. The molecule has 2 rings (SSSR count). The summed E-state index contributed by atoms with van der Waals surface area (Å²) in [7, 11) is 0. The van der Waals surface area contributed by atoms with Crippen molar-refractivity contribution in [1.29, 1.82) is 0 Å². The van der Waals surface area contributed by atoms with Gasteiger partial charge in [0.15, 0.2) is 5.96 Å². The van der Waals surface area contributed by atoms with Gasteiger partial charge in [-0.15, -0.1) is 24.0 Å². The monoisotopic (exact) mass is 516 g/mol. The lowest BCUT2D eigenvalue weighted by Gasteiger charge is -2.33. The smallest absolute Gasteiger partial charge is 0.224 e. The average molecular weight is 516 g/mol. The van der Waals surface area contributed by atoms with Crippen LogP contribution >= 0.6 is 24.0 Å². The minimum atomic E-state index is 0. The first-order valence-electron chi connectivity index (χ1n) is 10.6. The molecule has 1 aliphatic heterocycles. The Morgan fingerprint density at radius 1 is 1.28 bits per heavy atom. The lowest BCUT2D eigenvalue weighted by atomic mass is 10.0. The first kappa shape index (κ1) is 25.5. The summed E-state index contributed by atoms with van der Waals surface area (Å²) >= 11 is 0. The fourth-order valence-corrected chi connectivity index (χ4v) is 3.49. The summed E-state index contributed by atoms with van der Waals surface area (Å²) in [6.45, 7) is 11.6. The molecule has 2 N–H and O–H groups in total. The van der Waals surface area contributed by atoms with Crippen LogP contribution in [0.2, 0.25) is 0 Å². The molecule has 6 nitrogen and oxygen atoms in total. The van der Waals surface area contributed by atoms with E-state index in [1.54, 1.807) is 0 Å². The highest BCUT2D eigenvalue weighted by Crippen LogP contribution is 2.21. The van der Waals surface area contributed by atoms with Gasteiger partial charge >= 0.3 is 0 Å². The average Bonchev–Trinajstić information content (AvgIpc) is 2.67. The molecule has 1 amide bonds. The van der Waals surface area contributed by atoms with E-state index < -0.39 is 0 Å². The molecule has 0 saturated carbocycles. The van der Waals surface area contributed by atoms with E-state index in [-0.39, 0.29) is 29.9 Å². The van der Waals surface area contributed by atoms with Crippen LogP contribution in [-0.4, -0.2) is 49.0 Å². The van der Waals surface area contributed by atoms with E-state index >= 15 is 0 Å². The minimum absolute atomic E-state index is 0. The number of hydrogen-bond acceptors (Lipinski definition) is 3. The fourth-order valence-electron chi connectivity index (χ4n) is 3.49. The van der Waals surface area contributed by atoms with Crippen LogP contribution in [0.1, 0.15) is 57.6 Å². The second-order valence-electron chi connectivity index (χ2n) is 7.35. The number of aryl methyl sites for hydroxylation is 1. The molecular formula is C22H37IN4O2. The zero-order chi connectivity index (χ0) is 20.4. The van der Waals surface area contributed by atoms with Gasteiger partial charge < -0.3 is 20.3 Å². The number of likely N-dealkylation sites (tertiary alicyclic amines) is 1. The molecule has 29 heavy (non-hydrogen) atoms. The van der Waals surface area contributed by atoms with Crippen molar-refractivity contribution >= 4 is 35.8 Å². The predicted molar refractivity (Wildman–Crippen MR) is 130 cm³/mol.